The number of hydrogen-bond acceptors (Lipinski definition) is 2. The molecule has 0 aliphatic rings. The van der Waals surface area contributed by atoms with Crippen molar-refractivity contribution in [3.05, 3.63) is 59.7 Å². The van der Waals surface area contributed by atoms with Crippen molar-refractivity contribution in [2.75, 3.05) is 10.6 Å². The van der Waals surface area contributed by atoms with E-state index in [9.17, 15) is 18.4 Å². The summed E-state index contributed by atoms with van der Waals surface area (Å²) in [6.07, 6.45) is 0. The first kappa shape index (κ1) is 14.6. The lowest BCUT2D eigenvalue weighted by Gasteiger charge is -2.08. The predicted molar refractivity (Wildman–Crippen MR) is 75.1 cm³/mol. The summed E-state index contributed by atoms with van der Waals surface area (Å²) in [5.41, 5.74) is 0.575. The Hall–Kier alpha value is -2.76. The van der Waals surface area contributed by atoms with Gasteiger partial charge >= 0.3 is 0 Å². The molecular weight excluding hydrogens is 278 g/mol. The Morgan fingerprint density at radius 3 is 2.43 bits per heavy atom. The van der Waals surface area contributed by atoms with E-state index < -0.39 is 17.5 Å². The summed E-state index contributed by atoms with van der Waals surface area (Å²) in [5, 5.41) is 4.88. The number of nitrogens with one attached hydrogen (secondary N) is 2. The lowest BCUT2D eigenvalue weighted by molar-refractivity contribution is -0.114. The molecule has 0 atom stereocenters. The molecule has 0 bridgehead atoms. The lowest BCUT2D eigenvalue weighted by atomic mass is 10.1. The van der Waals surface area contributed by atoms with Crippen molar-refractivity contribution in [3.8, 4) is 0 Å². The van der Waals surface area contributed by atoms with Gasteiger partial charge in [0.25, 0.3) is 5.91 Å². The summed E-state index contributed by atoms with van der Waals surface area (Å²) in [7, 11) is 0. The van der Waals surface area contributed by atoms with Crippen LogP contribution in [0.2, 0.25) is 0 Å². The van der Waals surface area contributed by atoms with E-state index in [1.165, 1.54) is 19.1 Å². The van der Waals surface area contributed by atoms with Crippen molar-refractivity contribution in [2.24, 2.45) is 0 Å². The van der Waals surface area contributed by atoms with Gasteiger partial charge in [-0.2, -0.15) is 0 Å². The Morgan fingerprint density at radius 2 is 1.76 bits per heavy atom. The van der Waals surface area contributed by atoms with Crippen LogP contribution in [-0.4, -0.2) is 11.8 Å². The molecule has 0 aromatic heterocycles. The van der Waals surface area contributed by atoms with E-state index in [0.29, 0.717) is 11.8 Å². The molecular formula is C15H12F2N2O2. The zero-order valence-corrected chi connectivity index (χ0v) is 11.1. The highest BCUT2D eigenvalue weighted by atomic mass is 19.1. The zero-order valence-electron chi connectivity index (χ0n) is 11.1. The summed E-state index contributed by atoms with van der Waals surface area (Å²) < 4.78 is 26.3. The molecule has 4 nitrogen and oxygen atoms in total. The summed E-state index contributed by atoms with van der Waals surface area (Å²) in [5.74, 6) is -2.41. The van der Waals surface area contributed by atoms with E-state index in [4.69, 9.17) is 0 Å². The lowest BCUT2D eigenvalue weighted by Crippen LogP contribution is -2.14. The molecule has 2 aromatic rings. The van der Waals surface area contributed by atoms with Crippen LogP contribution < -0.4 is 10.6 Å². The average molecular weight is 290 g/mol. The molecule has 108 valence electrons. The van der Waals surface area contributed by atoms with Crippen LogP contribution in [0.25, 0.3) is 0 Å². The molecule has 0 aliphatic carbocycles. The predicted octanol–water partition coefficient (Wildman–Crippen LogP) is 3.18. The quantitative estimate of drug-likeness (QED) is 0.912. The van der Waals surface area contributed by atoms with Gasteiger partial charge in [-0.15, -0.1) is 0 Å². The number of halogens is 2. The largest absolute Gasteiger partial charge is 0.326 e. The molecule has 2 N–H and O–H groups in total. The van der Waals surface area contributed by atoms with Gasteiger partial charge in [-0.05, 0) is 30.3 Å². The fourth-order valence-corrected chi connectivity index (χ4v) is 1.73. The van der Waals surface area contributed by atoms with E-state index in [1.54, 1.807) is 12.1 Å². The van der Waals surface area contributed by atoms with E-state index in [2.05, 4.69) is 10.6 Å². The Labute approximate surface area is 119 Å². The maximum atomic E-state index is 13.5. The van der Waals surface area contributed by atoms with Crippen LogP contribution in [0.3, 0.4) is 0 Å². The van der Waals surface area contributed by atoms with Crippen LogP contribution in [0.4, 0.5) is 20.2 Å². The molecule has 0 unspecified atom stereocenters. The normalized spacial score (nSPS) is 10.0. The summed E-state index contributed by atoms with van der Waals surface area (Å²) in [6, 6.07) is 9.05. The average Bonchev–Trinajstić information content (AvgIpc) is 2.41. The molecule has 0 fully saturated rings. The highest BCUT2D eigenvalue weighted by Gasteiger charge is 2.10. The summed E-state index contributed by atoms with van der Waals surface area (Å²) >= 11 is 0. The minimum Gasteiger partial charge on any atom is -0.326 e. The Kier molecular flexibility index (Phi) is 4.27. The number of carbonyl (C=O) groups is 2. The second kappa shape index (κ2) is 6.13. The molecule has 0 saturated heterocycles. The topological polar surface area (TPSA) is 58.2 Å². The fraction of sp³-hybridized carbons (Fsp3) is 0.0667. The molecule has 0 radical (unpaired) electrons. The Balaban J connectivity index is 2.18. The second-order valence-electron chi connectivity index (χ2n) is 4.34. The number of benzene rings is 2. The highest BCUT2D eigenvalue weighted by molar-refractivity contribution is 6.05. The SMILES string of the molecule is CC(=O)Nc1cccc(C(=O)Nc2ccc(F)cc2F)c1. The van der Waals surface area contributed by atoms with Gasteiger partial charge in [-0.25, -0.2) is 8.78 Å². The molecule has 0 saturated carbocycles. The smallest absolute Gasteiger partial charge is 0.255 e. The van der Waals surface area contributed by atoms with E-state index in [1.807, 2.05) is 0 Å². The molecule has 2 aromatic carbocycles. The molecule has 2 rings (SSSR count). The monoisotopic (exact) mass is 290 g/mol. The molecule has 0 aliphatic heterocycles. The minimum atomic E-state index is -0.860. The summed E-state index contributed by atoms with van der Waals surface area (Å²) in [6.45, 7) is 1.35. The molecule has 6 heteroatoms. The van der Waals surface area contributed by atoms with Gasteiger partial charge in [0.2, 0.25) is 5.91 Å². The highest BCUT2D eigenvalue weighted by Crippen LogP contribution is 2.17. The van der Waals surface area contributed by atoms with Gasteiger partial charge in [-0.3, -0.25) is 9.59 Å². The van der Waals surface area contributed by atoms with E-state index >= 15 is 0 Å². The van der Waals surface area contributed by atoms with E-state index in [0.717, 1.165) is 12.1 Å². The number of anilines is 2. The zero-order chi connectivity index (χ0) is 15.4. The van der Waals surface area contributed by atoms with Crippen molar-refractivity contribution < 1.29 is 18.4 Å². The van der Waals surface area contributed by atoms with Gasteiger partial charge in [0, 0.05) is 24.2 Å². The van der Waals surface area contributed by atoms with Crippen molar-refractivity contribution in [1.29, 1.82) is 0 Å². The third kappa shape index (κ3) is 3.85. The van der Waals surface area contributed by atoms with Gasteiger partial charge in [0.05, 0.1) is 5.69 Å². The van der Waals surface area contributed by atoms with Crippen LogP contribution in [0.1, 0.15) is 17.3 Å². The minimum absolute atomic E-state index is 0.119. The van der Waals surface area contributed by atoms with Crippen LogP contribution in [0, 0.1) is 11.6 Å². The number of rotatable bonds is 3. The second-order valence-corrected chi connectivity index (χ2v) is 4.34. The van der Waals surface area contributed by atoms with Crippen molar-refractivity contribution in [3.63, 3.8) is 0 Å². The first-order chi connectivity index (χ1) is 9.95. The third-order valence-electron chi connectivity index (χ3n) is 2.62. The molecule has 21 heavy (non-hydrogen) atoms. The van der Waals surface area contributed by atoms with Gasteiger partial charge in [-0.1, -0.05) is 6.07 Å². The van der Waals surface area contributed by atoms with Crippen LogP contribution in [0.5, 0.6) is 0 Å². The van der Waals surface area contributed by atoms with Gasteiger partial charge in [0.1, 0.15) is 11.6 Å². The Bertz CT molecular complexity index is 702. The van der Waals surface area contributed by atoms with Gasteiger partial charge in [0.15, 0.2) is 0 Å². The summed E-state index contributed by atoms with van der Waals surface area (Å²) in [4.78, 5) is 23.0. The molecule has 2 amide bonds. The number of carbonyl (C=O) groups excluding carboxylic acids is 2. The standard InChI is InChI=1S/C15H12F2N2O2/c1-9(20)18-12-4-2-3-10(7-12)15(21)19-14-6-5-11(16)8-13(14)17/h2-8H,1H3,(H,18,20)(H,19,21). The first-order valence-electron chi connectivity index (χ1n) is 6.10. The maximum Gasteiger partial charge on any atom is 0.255 e. The molecule has 0 heterocycles. The van der Waals surface area contributed by atoms with Crippen molar-refractivity contribution in [2.45, 2.75) is 6.92 Å². The molecule has 0 spiro atoms. The van der Waals surface area contributed by atoms with Gasteiger partial charge < -0.3 is 10.6 Å². The maximum absolute atomic E-state index is 13.5. The van der Waals surface area contributed by atoms with Crippen LogP contribution >= 0.6 is 0 Å². The Morgan fingerprint density at radius 1 is 1.00 bits per heavy atom. The number of amides is 2. The fourth-order valence-electron chi connectivity index (χ4n) is 1.73. The first-order valence-corrected chi connectivity index (χ1v) is 6.10. The van der Waals surface area contributed by atoms with Crippen molar-refractivity contribution in [1.82, 2.24) is 0 Å². The third-order valence-corrected chi connectivity index (χ3v) is 2.62. The van der Waals surface area contributed by atoms with Crippen molar-refractivity contribution >= 4 is 23.2 Å². The van der Waals surface area contributed by atoms with E-state index in [-0.39, 0.29) is 17.2 Å². The number of hydrogen-bond donors (Lipinski definition) is 2. The van der Waals surface area contributed by atoms with Crippen LogP contribution in [0.15, 0.2) is 42.5 Å². The van der Waals surface area contributed by atoms with Crippen LogP contribution in [-0.2, 0) is 4.79 Å².